The Labute approximate surface area is 150 Å². The van der Waals surface area contributed by atoms with Crippen molar-refractivity contribution in [3.05, 3.63) is 0 Å². The lowest BCUT2D eigenvalue weighted by Crippen LogP contribution is -2.30. The summed E-state index contributed by atoms with van der Waals surface area (Å²) in [5.41, 5.74) is 10.4. The van der Waals surface area contributed by atoms with Crippen LogP contribution in [0.15, 0.2) is 0 Å². The van der Waals surface area contributed by atoms with Gasteiger partial charge in [0.1, 0.15) is 0 Å². The van der Waals surface area contributed by atoms with Gasteiger partial charge in [0.05, 0.1) is 0 Å². The highest BCUT2D eigenvalue weighted by atomic mass is 32.3. The van der Waals surface area contributed by atoms with Crippen molar-refractivity contribution in [1.82, 2.24) is 10.6 Å². The van der Waals surface area contributed by atoms with Crippen LogP contribution in [0.3, 0.4) is 0 Å². The molecule has 0 aliphatic carbocycles. The molecular formula is C14H34N6O4S. The summed E-state index contributed by atoms with van der Waals surface area (Å²) in [6.45, 7) is 1.65. The molecule has 0 heterocycles. The van der Waals surface area contributed by atoms with E-state index in [0.717, 1.165) is 25.9 Å². The van der Waals surface area contributed by atoms with Crippen molar-refractivity contribution < 1.29 is 17.5 Å². The molecule has 0 aromatic heterocycles. The Balaban J connectivity index is 0. The summed E-state index contributed by atoms with van der Waals surface area (Å²) >= 11 is 0. The van der Waals surface area contributed by atoms with Crippen LogP contribution in [-0.4, -0.2) is 42.5 Å². The van der Waals surface area contributed by atoms with E-state index in [1.54, 1.807) is 0 Å². The molecular weight excluding hydrogens is 348 g/mol. The van der Waals surface area contributed by atoms with Gasteiger partial charge in [-0.2, -0.15) is 8.42 Å². The SMILES string of the molecule is N=C(N)NCCCCCCCCCCCCNC(=N)N.O=S(=O)(O)O. The van der Waals surface area contributed by atoms with Gasteiger partial charge in [-0.05, 0) is 12.8 Å². The number of hydrogen-bond acceptors (Lipinski definition) is 4. The maximum Gasteiger partial charge on any atom is 0.394 e. The number of guanidine groups is 2. The van der Waals surface area contributed by atoms with Crippen LogP contribution in [0.4, 0.5) is 0 Å². The maximum absolute atomic E-state index is 8.74. The number of nitrogens with one attached hydrogen (secondary N) is 4. The predicted molar refractivity (Wildman–Crippen MR) is 100 cm³/mol. The van der Waals surface area contributed by atoms with Gasteiger partial charge in [-0.3, -0.25) is 19.9 Å². The van der Waals surface area contributed by atoms with E-state index in [1.165, 1.54) is 51.4 Å². The highest BCUT2D eigenvalue weighted by Crippen LogP contribution is 2.10. The van der Waals surface area contributed by atoms with Crippen molar-refractivity contribution >= 4 is 22.3 Å². The molecule has 0 aromatic rings. The second kappa shape index (κ2) is 17.2. The summed E-state index contributed by atoms with van der Waals surface area (Å²) in [5.74, 6) is 0.145. The normalized spacial score (nSPS) is 10.5. The molecule has 0 rings (SSSR count). The van der Waals surface area contributed by atoms with Crippen LogP contribution in [-0.2, 0) is 10.4 Å². The van der Waals surface area contributed by atoms with Crippen LogP contribution in [0.2, 0.25) is 0 Å². The largest absolute Gasteiger partial charge is 0.394 e. The molecule has 10 nitrogen and oxygen atoms in total. The molecule has 150 valence electrons. The Kier molecular flexibility index (Phi) is 17.7. The third-order valence-electron chi connectivity index (χ3n) is 3.23. The molecule has 0 saturated heterocycles. The molecule has 0 aromatic carbocycles. The van der Waals surface area contributed by atoms with E-state index >= 15 is 0 Å². The lowest BCUT2D eigenvalue weighted by molar-refractivity contribution is 0.381. The topological polar surface area (TPSA) is 198 Å². The van der Waals surface area contributed by atoms with Crippen molar-refractivity contribution in [2.45, 2.75) is 64.2 Å². The number of rotatable bonds is 13. The Morgan fingerprint density at radius 1 is 0.680 bits per heavy atom. The van der Waals surface area contributed by atoms with Gasteiger partial charge in [-0.15, -0.1) is 0 Å². The van der Waals surface area contributed by atoms with Crippen LogP contribution in [0.25, 0.3) is 0 Å². The van der Waals surface area contributed by atoms with Gasteiger partial charge in [-0.25, -0.2) is 0 Å². The minimum Gasteiger partial charge on any atom is -0.370 e. The van der Waals surface area contributed by atoms with Crippen molar-refractivity contribution in [3.8, 4) is 0 Å². The lowest BCUT2D eigenvalue weighted by atomic mass is 10.1. The summed E-state index contributed by atoms with van der Waals surface area (Å²) in [4.78, 5) is 0. The van der Waals surface area contributed by atoms with Crippen molar-refractivity contribution in [3.63, 3.8) is 0 Å². The second-order valence-corrected chi connectivity index (χ2v) is 6.56. The molecule has 0 aliphatic rings. The highest BCUT2D eigenvalue weighted by molar-refractivity contribution is 7.79. The third-order valence-corrected chi connectivity index (χ3v) is 3.23. The van der Waals surface area contributed by atoms with Gasteiger partial charge in [-0.1, -0.05) is 51.4 Å². The van der Waals surface area contributed by atoms with E-state index in [1.807, 2.05) is 0 Å². The summed E-state index contributed by atoms with van der Waals surface area (Å²) in [6.07, 6.45) is 12.5. The Hall–Kier alpha value is -1.59. The van der Waals surface area contributed by atoms with Crippen LogP contribution >= 0.6 is 0 Å². The quantitative estimate of drug-likeness (QED) is 0.100. The predicted octanol–water partition coefficient (Wildman–Crippen LogP) is 1.20. The van der Waals surface area contributed by atoms with Crippen LogP contribution in [0.1, 0.15) is 64.2 Å². The lowest BCUT2D eigenvalue weighted by Gasteiger charge is -2.05. The fourth-order valence-corrected chi connectivity index (χ4v) is 2.11. The third kappa shape index (κ3) is 39.3. The summed E-state index contributed by atoms with van der Waals surface area (Å²) in [6, 6.07) is 0. The maximum atomic E-state index is 8.74. The van der Waals surface area contributed by atoms with E-state index in [-0.39, 0.29) is 11.9 Å². The van der Waals surface area contributed by atoms with E-state index in [0.29, 0.717) is 0 Å². The van der Waals surface area contributed by atoms with Crippen LogP contribution < -0.4 is 22.1 Å². The summed E-state index contributed by atoms with van der Waals surface area (Å²) in [7, 11) is -4.67. The zero-order valence-electron chi connectivity index (χ0n) is 14.8. The number of nitrogens with two attached hydrogens (primary N) is 2. The van der Waals surface area contributed by atoms with Crippen molar-refractivity contribution in [2.24, 2.45) is 11.5 Å². The standard InChI is InChI=1S/C14H32N6.H2O4S/c15-13(16)19-11-9-7-5-3-1-2-4-6-8-10-12-20-14(17)18;1-5(2,3)4/h1-12H2,(H4,15,16,19)(H4,17,18,20);(H2,1,2,3,4). The second-order valence-electron chi connectivity index (χ2n) is 5.66. The van der Waals surface area contributed by atoms with Crippen LogP contribution in [0, 0.1) is 10.8 Å². The average Bonchev–Trinajstić information content (AvgIpc) is 2.45. The number of hydrogen-bond donors (Lipinski definition) is 8. The molecule has 0 unspecified atom stereocenters. The minimum absolute atomic E-state index is 0.0727. The van der Waals surface area contributed by atoms with Crippen molar-refractivity contribution in [2.75, 3.05) is 13.1 Å². The fraction of sp³-hybridized carbons (Fsp3) is 0.857. The molecule has 0 saturated carbocycles. The highest BCUT2D eigenvalue weighted by Gasteiger charge is 1.94. The first-order valence-electron chi connectivity index (χ1n) is 8.48. The zero-order valence-corrected chi connectivity index (χ0v) is 15.6. The monoisotopic (exact) mass is 382 g/mol. The zero-order chi connectivity index (χ0) is 19.6. The molecule has 0 atom stereocenters. The van der Waals surface area contributed by atoms with Gasteiger partial charge in [0.2, 0.25) is 0 Å². The Morgan fingerprint density at radius 3 is 1.08 bits per heavy atom. The molecule has 0 spiro atoms. The van der Waals surface area contributed by atoms with Gasteiger partial charge >= 0.3 is 10.4 Å². The minimum atomic E-state index is -4.67. The number of unbranched alkanes of at least 4 members (excludes halogenated alkanes) is 9. The van der Waals surface area contributed by atoms with Crippen molar-refractivity contribution in [1.29, 1.82) is 10.8 Å². The van der Waals surface area contributed by atoms with E-state index in [4.69, 9.17) is 39.8 Å². The van der Waals surface area contributed by atoms with Gasteiger partial charge < -0.3 is 22.1 Å². The first-order chi connectivity index (χ1) is 11.6. The average molecular weight is 383 g/mol. The first-order valence-corrected chi connectivity index (χ1v) is 9.88. The molecule has 11 heteroatoms. The molecule has 0 bridgehead atoms. The molecule has 0 fully saturated rings. The molecule has 25 heavy (non-hydrogen) atoms. The molecule has 0 amide bonds. The Morgan fingerprint density at radius 2 is 0.880 bits per heavy atom. The summed E-state index contributed by atoms with van der Waals surface area (Å²) in [5, 5.41) is 19.7. The fourth-order valence-electron chi connectivity index (χ4n) is 2.11. The van der Waals surface area contributed by atoms with E-state index in [2.05, 4.69) is 10.6 Å². The molecule has 10 N–H and O–H groups in total. The summed E-state index contributed by atoms with van der Waals surface area (Å²) < 4.78 is 31.6. The van der Waals surface area contributed by atoms with Gasteiger partial charge in [0, 0.05) is 13.1 Å². The Bertz CT molecular complexity index is 411. The van der Waals surface area contributed by atoms with Crippen LogP contribution in [0.5, 0.6) is 0 Å². The van der Waals surface area contributed by atoms with Gasteiger partial charge in [0.25, 0.3) is 0 Å². The van der Waals surface area contributed by atoms with E-state index in [9.17, 15) is 0 Å². The molecule has 0 radical (unpaired) electrons. The van der Waals surface area contributed by atoms with Gasteiger partial charge in [0.15, 0.2) is 11.9 Å². The van der Waals surface area contributed by atoms with E-state index < -0.39 is 10.4 Å². The first kappa shape index (κ1) is 25.6. The molecule has 0 aliphatic heterocycles. The smallest absolute Gasteiger partial charge is 0.370 e.